The highest BCUT2D eigenvalue weighted by Gasteiger charge is 2.34. The number of benzene rings is 2. The molecule has 0 spiro atoms. The fraction of sp³-hybridized carbons (Fsp3) is 0.208. The van der Waals surface area contributed by atoms with Gasteiger partial charge in [-0.05, 0) is 42.0 Å². The molecule has 33 heavy (non-hydrogen) atoms. The Morgan fingerprint density at radius 1 is 1.12 bits per heavy atom. The predicted molar refractivity (Wildman–Crippen MR) is 127 cm³/mol. The van der Waals surface area contributed by atoms with E-state index in [0.29, 0.717) is 29.5 Å². The zero-order valence-corrected chi connectivity index (χ0v) is 19.8. The number of anilines is 1. The van der Waals surface area contributed by atoms with E-state index in [9.17, 15) is 13.2 Å². The van der Waals surface area contributed by atoms with Crippen LogP contribution in [0.15, 0.2) is 70.3 Å². The van der Waals surface area contributed by atoms with Gasteiger partial charge in [-0.2, -0.15) is 0 Å². The molecule has 2 aromatic carbocycles. The summed E-state index contributed by atoms with van der Waals surface area (Å²) in [4.78, 5) is 13.6. The molecule has 2 heterocycles. The minimum Gasteiger partial charge on any atom is -0.497 e. The van der Waals surface area contributed by atoms with Gasteiger partial charge in [0.2, 0.25) is 15.7 Å². The largest absolute Gasteiger partial charge is 0.497 e. The Kier molecular flexibility index (Phi) is 6.44. The van der Waals surface area contributed by atoms with Gasteiger partial charge in [0.05, 0.1) is 24.8 Å². The first-order chi connectivity index (χ1) is 15.9. The average Bonchev–Trinajstić information content (AvgIpc) is 3.26. The maximum Gasteiger partial charge on any atom is 0.225 e. The van der Waals surface area contributed by atoms with Crippen LogP contribution < -0.4 is 19.5 Å². The molecule has 1 aliphatic rings. The van der Waals surface area contributed by atoms with Gasteiger partial charge in [-0.1, -0.05) is 18.7 Å². The van der Waals surface area contributed by atoms with Crippen molar-refractivity contribution >= 4 is 32.8 Å². The lowest BCUT2D eigenvalue weighted by molar-refractivity contribution is -0.116. The van der Waals surface area contributed by atoms with Crippen molar-refractivity contribution in [3.8, 4) is 17.2 Å². The van der Waals surface area contributed by atoms with E-state index in [2.05, 4.69) is 11.9 Å². The summed E-state index contributed by atoms with van der Waals surface area (Å²) in [6.07, 6.45) is 1.83. The van der Waals surface area contributed by atoms with Crippen LogP contribution in [0, 0.1) is 0 Å². The molecule has 0 aliphatic carbocycles. The Bertz CT molecular complexity index is 1290. The fourth-order valence-corrected chi connectivity index (χ4v) is 6.63. The van der Waals surface area contributed by atoms with Crippen LogP contribution in [0.3, 0.4) is 0 Å². The molecular weight excluding hydrogens is 462 g/mol. The van der Waals surface area contributed by atoms with Gasteiger partial charge >= 0.3 is 0 Å². The third kappa shape index (κ3) is 4.34. The number of rotatable bonds is 8. The molecule has 1 aromatic heterocycles. The SMILES string of the molecule is C=CCOc1cc([C@@H]2CC(=O)Nc3c(S(=O)(=O)c4ccc(OC)cc4)csc32)ccc1OC. The van der Waals surface area contributed by atoms with Crippen LogP contribution in [0.25, 0.3) is 0 Å². The van der Waals surface area contributed by atoms with Crippen molar-refractivity contribution < 1.29 is 27.4 Å². The molecule has 172 valence electrons. The molecule has 1 N–H and O–H groups in total. The van der Waals surface area contributed by atoms with Crippen LogP contribution in [0.2, 0.25) is 0 Å². The maximum absolute atomic E-state index is 13.3. The highest BCUT2D eigenvalue weighted by Crippen LogP contribution is 2.47. The van der Waals surface area contributed by atoms with Gasteiger partial charge in [-0.25, -0.2) is 8.42 Å². The van der Waals surface area contributed by atoms with Gasteiger partial charge in [-0.3, -0.25) is 4.79 Å². The summed E-state index contributed by atoms with van der Waals surface area (Å²) in [6.45, 7) is 3.97. The first kappa shape index (κ1) is 22.9. The van der Waals surface area contributed by atoms with Gasteiger partial charge in [-0.15, -0.1) is 11.3 Å². The number of nitrogens with one attached hydrogen (secondary N) is 1. The lowest BCUT2D eigenvalue weighted by Crippen LogP contribution is -2.23. The number of hydrogen-bond acceptors (Lipinski definition) is 7. The summed E-state index contributed by atoms with van der Waals surface area (Å²) < 4.78 is 42.9. The Balaban J connectivity index is 1.76. The lowest BCUT2D eigenvalue weighted by atomic mass is 9.90. The predicted octanol–water partition coefficient (Wildman–Crippen LogP) is 4.64. The summed E-state index contributed by atoms with van der Waals surface area (Å²) in [5.41, 5.74) is 1.17. The molecule has 0 radical (unpaired) electrons. The van der Waals surface area contributed by atoms with Crippen molar-refractivity contribution in [3.63, 3.8) is 0 Å². The van der Waals surface area contributed by atoms with Crippen molar-refractivity contribution in [2.75, 3.05) is 26.1 Å². The zero-order valence-electron chi connectivity index (χ0n) is 18.2. The first-order valence-corrected chi connectivity index (χ1v) is 12.5. The molecule has 7 nitrogen and oxygen atoms in total. The average molecular weight is 486 g/mol. The summed E-state index contributed by atoms with van der Waals surface area (Å²) in [5.74, 6) is 1.10. The van der Waals surface area contributed by atoms with Crippen molar-refractivity contribution in [1.29, 1.82) is 0 Å². The molecular formula is C24H23NO6S2. The molecule has 0 bridgehead atoms. The van der Waals surface area contributed by atoms with Crippen molar-refractivity contribution in [1.82, 2.24) is 0 Å². The first-order valence-electron chi connectivity index (χ1n) is 10.1. The standard InChI is InChI=1S/C24H23NO6S2/c1-4-11-31-20-12-15(5-10-19(20)30-3)18-13-22(26)25-23-21(14-32-24(18)23)33(27,28)17-8-6-16(29-2)7-9-17/h4-10,12,14,18H,1,11,13H2,2-3H3,(H,25,26)/t18-/m0/s1. The third-order valence-electron chi connectivity index (χ3n) is 5.36. The van der Waals surface area contributed by atoms with E-state index in [-0.39, 0.29) is 28.0 Å². The van der Waals surface area contributed by atoms with E-state index in [0.717, 1.165) is 10.4 Å². The smallest absolute Gasteiger partial charge is 0.225 e. The van der Waals surface area contributed by atoms with E-state index in [4.69, 9.17) is 14.2 Å². The number of amides is 1. The van der Waals surface area contributed by atoms with E-state index >= 15 is 0 Å². The molecule has 4 rings (SSSR count). The molecule has 0 unspecified atom stereocenters. The summed E-state index contributed by atoms with van der Waals surface area (Å²) in [7, 11) is -0.769. The number of hydrogen-bond donors (Lipinski definition) is 1. The Hall–Kier alpha value is -3.30. The van der Waals surface area contributed by atoms with Crippen molar-refractivity contribution in [2.45, 2.75) is 22.1 Å². The van der Waals surface area contributed by atoms with Crippen molar-refractivity contribution in [3.05, 3.63) is 70.9 Å². The second kappa shape index (κ2) is 9.29. The number of thiophene rings is 1. The summed E-state index contributed by atoms with van der Waals surface area (Å²) in [6, 6.07) is 11.6. The molecule has 0 saturated carbocycles. The molecule has 1 amide bonds. The number of fused-ring (bicyclic) bond motifs is 1. The number of methoxy groups -OCH3 is 2. The monoisotopic (exact) mass is 485 g/mol. The number of carbonyl (C=O) groups excluding carboxylic acids is 1. The number of sulfone groups is 1. The van der Waals surface area contributed by atoms with Gasteiger partial charge in [0.1, 0.15) is 17.3 Å². The van der Waals surface area contributed by atoms with Gasteiger partial charge in [0, 0.05) is 22.6 Å². The van der Waals surface area contributed by atoms with E-state index in [1.807, 2.05) is 12.1 Å². The fourth-order valence-electron chi connectivity index (χ4n) is 3.72. The van der Waals surface area contributed by atoms with E-state index in [1.165, 1.54) is 30.6 Å². The lowest BCUT2D eigenvalue weighted by Gasteiger charge is -2.24. The molecule has 0 fully saturated rings. The summed E-state index contributed by atoms with van der Waals surface area (Å²) in [5, 5.41) is 4.36. The van der Waals surface area contributed by atoms with Gasteiger partial charge in [0.25, 0.3) is 0 Å². The minimum atomic E-state index is -3.84. The number of carbonyl (C=O) groups is 1. The second-order valence-electron chi connectivity index (χ2n) is 7.33. The maximum atomic E-state index is 13.3. The highest BCUT2D eigenvalue weighted by atomic mass is 32.2. The van der Waals surface area contributed by atoms with Gasteiger partial charge < -0.3 is 19.5 Å². The highest BCUT2D eigenvalue weighted by molar-refractivity contribution is 7.91. The van der Waals surface area contributed by atoms with Crippen molar-refractivity contribution in [2.24, 2.45) is 0 Å². The normalized spacial score (nSPS) is 15.3. The Labute approximate surface area is 196 Å². The summed E-state index contributed by atoms with van der Waals surface area (Å²) >= 11 is 1.31. The van der Waals surface area contributed by atoms with Crippen LogP contribution >= 0.6 is 11.3 Å². The van der Waals surface area contributed by atoms with E-state index < -0.39 is 9.84 Å². The minimum absolute atomic E-state index is 0.0855. The molecule has 0 saturated heterocycles. The van der Waals surface area contributed by atoms with Crippen LogP contribution in [0.5, 0.6) is 17.2 Å². The topological polar surface area (TPSA) is 90.9 Å². The molecule has 3 aromatic rings. The quantitative estimate of drug-likeness (QED) is 0.468. The van der Waals surface area contributed by atoms with Crippen LogP contribution in [0.1, 0.15) is 22.8 Å². The molecule has 1 atom stereocenters. The van der Waals surface area contributed by atoms with Crippen LogP contribution in [0.4, 0.5) is 5.69 Å². The van der Waals surface area contributed by atoms with Gasteiger partial charge in [0.15, 0.2) is 11.5 Å². The molecule has 1 aliphatic heterocycles. The number of ether oxygens (including phenoxy) is 3. The third-order valence-corrected chi connectivity index (χ3v) is 8.40. The second-order valence-corrected chi connectivity index (χ2v) is 10.2. The van der Waals surface area contributed by atoms with Crippen LogP contribution in [-0.4, -0.2) is 35.2 Å². The molecule has 9 heteroatoms. The Morgan fingerprint density at radius 3 is 2.55 bits per heavy atom. The van der Waals surface area contributed by atoms with E-state index in [1.54, 1.807) is 36.8 Å². The Morgan fingerprint density at radius 2 is 1.88 bits per heavy atom. The van der Waals surface area contributed by atoms with Crippen LogP contribution in [-0.2, 0) is 14.6 Å². The zero-order chi connectivity index (χ0) is 23.6.